The molecular formula is C13H15NO2Se. The van der Waals surface area contributed by atoms with Crippen LogP contribution >= 0.6 is 0 Å². The average molecular weight is 296 g/mol. The Morgan fingerprint density at radius 2 is 2.24 bits per heavy atom. The van der Waals surface area contributed by atoms with Crippen LogP contribution in [0.5, 0.6) is 0 Å². The number of carbonyl (C=O) groups is 1. The van der Waals surface area contributed by atoms with E-state index >= 15 is 0 Å². The summed E-state index contributed by atoms with van der Waals surface area (Å²) in [5.74, 6) is 0.192. The molecule has 1 aliphatic rings. The zero-order valence-electron chi connectivity index (χ0n) is 9.54. The first-order valence-corrected chi connectivity index (χ1v) is 7.58. The number of likely N-dealkylation sites (tertiary alicyclic amines) is 1. The third-order valence-electron chi connectivity index (χ3n) is 2.54. The molecule has 4 heteroatoms. The van der Waals surface area contributed by atoms with Crippen molar-refractivity contribution >= 4 is 25.3 Å². The summed E-state index contributed by atoms with van der Waals surface area (Å²) in [6, 6.07) is 10.3. The van der Waals surface area contributed by atoms with Crippen molar-refractivity contribution in [1.82, 2.24) is 4.90 Å². The summed E-state index contributed by atoms with van der Waals surface area (Å²) in [6.07, 6.45) is 2.19. The minimum absolute atomic E-state index is 0.0360. The number of β-lactam (4-membered cyclic amide) rings is 1. The summed E-state index contributed by atoms with van der Waals surface area (Å²) in [5, 5.41) is 0. The van der Waals surface area contributed by atoms with Crippen LogP contribution in [-0.2, 0) is 9.53 Å². The number of benzene rings is 1. The van der Waals surface area contributed by atoms with E-state index in [2.05, 4.69) is 18.7 Å². The SMILES string of the molecule is C=CCOC1CC(=O)N1C[Se]c1ccccc1. The van der Waals surface area contributed by atoms with Gasteiger partial charge in [-0.25, -0.2) is 0 Å². The number of rotatable bonds is 6. The number of nitrogens with zero attached hydrogens (tertiary/aromatic N) is 1. The van der Waals surface area contributed by atoms with Crippen LogP contribution in [0.4, 0.5) is 0 Å². The molecule has 17 heavy (non-hydrogen) atoms. The van der Waals surface area contributed by atoms with E-state index in [0.29, 0.717) is 28.0 Å². The van der Waals surface area contributed by atoms with Gasteiger partial charge in [0.05, 0.1) is 0 Å². The van der Waals surface area contributed by atoms with Gasteiger partial charge in [0.2, 0.25) is 0 Å². The van der Waals surface area contributed by atoms with Gasteiger partial charge >= 0.3 is 107 Å². The molecule has 0 saturated carbocycles. The Morgan fingerprint density at radius 3 is 2.88 bits per heavy atom. The van der Waals surface area contributed by atoms with Gasteiger partial charge in [-0.05, 0) is 0 Å². The second kappa shape index (κ2) is 6.01. The number of amides is 1. The summed E-state index contributed by atoms with van der Waals surface area (Å²) in [7, 11) is 0. The van der Waals surface area contributed by atoms with Gasteiger partial charge in [0.1, 0.15) is 0 Å². The maximum atomic E-state index is 11.5. The van der Waals surface area contributed by atoms with E-state index in [-0.39, 0.29) is 12.1 Å². The molecule has 1 heterocycles. The summed E-state index contributed by atoms with van der Waals surface area (Å²) in [6.45, 7) is 4.11. The first-order chi connectivity index (χ1) is 8.31. The van der Waals surface area contributed by atoms with Crippen LogP contribution in [0.3, 0.4) is 0 Å². The van der Waals surface area contributed by atoms with Gasteiger partial charge in [-0.3, -0.25) is 0 Å². The quantitative estimate of drug-likeness (QED) is 0.440. The van der Waals surface area contributed by atoms with Crippen LogP contribution in [0.1, 0.15) is 6.42 Å². The molecule has 0 aliphatic carbocycles. The van der Waals surface area contributed by atoms with Gasteiger partial charge < -0.3 is 0 Å². The van der Waals surface area contributed by atoms with Gasteiger partial charge in [-0.1, -0.05) is 0 Å². The molecule has 0 N–H and O–H groups in total. The van der Waals surface area contributed by atoms with Crippen LogP contribution in [0.2, 0.25) is 0 Å². The zero-order valence-corrected chi connectivity index (χ0v) is 11.3. The molecular weight excluding hydrogens is 281 g/mol. The van der Waals surface area contributed by atoms with Crippen molar-refractivity contribution in [3.63, 3.8) is 0 Å². The van der Waals surface area contributed by atoms with Gasteiger partial charge in [-0.15, -0.1) is 0 Å². The molecule has 1 fully saturated rings. The van der Waals surface area contributed by atoms with Crippen LogP contribution in [0, 0.1) is 0 Å². The molecule has 1 amide bonds. The normalized spacial score (nSPS) is 18.9. The van der Waals surface area contributed by atoms with Crippen molar-refractivity contribution in [3.05, 3.63) is 43.0 Å². The molecule has 1 atom stereocenters. The van der Waals surface area contributed by atoms with Crippen molar-refractivity contribution < 1.29 is 9.53 Å². The maximum absolute atomic E-state index is 11.5. The zero-order chi connectivity index (χ0) is 12.1. The molecule has 90 valence electrons. The molecule has 1 aromatic carbocycles. The van der Waals surface area contributed by atoms with Crippen molar-refractivity contribution in [2.24, 2.45) is 0 Å². The summed E-state index contributed by atoms with van der Waals surface area (Å²) >= 11 is 0.299. The molecule has 3 nitrogen and oxygen atoms in total. The number of hydrogen-bond acceptors (Lipinski definition) is 2. The van der Waals surface area contributed by atoms with E-state index in [0.717, 1.165) is 5.44 Å². The standard InChI is InChI=1S/C13H15NO2Se/c1-2-8-16-13-9-12(15)14(13)10-17-11-6-4-3-5-7-11/h2-7,13H,1,8-10H2. The van der Waals surface area contributed by atoms with Crippen molar-refractivity contribution in [3.8, 4) is 0 Å². The number of hydrogen-bond donors (Lipinski definition) is 0. The second-order valence-electron chi connectivity index (χ2n) is 3.73. The predicted molar refractivity (Wildman–Crippen MR) is 68.1 cm³/mol. The molecule has 1 saturated heterocycles. The monoisotopic (exact) mass is 297 g/mol. The second-order valence-corrected chi connectivity index (χ2v) is 5.87. The first-order valence-electron chi connectivity index (χ1n) is 5.51. The summed E-state index contributed by atoms with van der Waals surface area (Å²) in [4.78, 5) is 13.3. The fourth-order valence-corrected chi connectivity index (χ4v) is 3.56. The molecule has 1 aliphatic heterocycles. The first kappa shape index (κ1) is 12.4. The van der Waals surface area contributed by atoms with Crippen LogP contribution in [-0.4, -0.2) is 44.0 Å². The Balaban J connectivity index is 1.81. The molecule has 1 unspecified atom stereocenters. The molecule has 0 aromatic heterocycles. The van der Waals surface area contributed by atoms with Gasteiger partial charge in [0.15, 0.2) is 0 Å². The fourth-order valence-electron chi connectivity index (χ4n) is 1.57. The van der Waals surface area contributed by atoms with Crippen molar-refractivity contribution in [2.45, 2.75) is 12.6 Å². The topological polar surface area (TPSA) is 29.5 Å². The van der Waals surface area contributed by atoms with Crippen molar-refractivity contribution in [2.75, 3.05) is 12.1 Å². The number of ether oxygens (including phenoxy) is 1. The Hall–Kier alpha value is -1.09. The van der Waals surface area contributed by atoms with E-state index in [9.17, 15) is 4.79 Å². The van der Waals surface area contributed by atoms with E-state index in [4.69, 9.17) is 4.74 Å². The summed E-state index contributed by atoms with van der Waals surface area (Å²) in [5.41, 5.74) is 0.789. The van der Waals surface area contributed by atoms with Gasteiger partial charge in [0, 0.05) is 0 Å². The van der Waals surface area contributed by atoms with Crippen LogP contribution in [0.25, 0.3) is 0 Å². The van der Waals surface area contributed by atoms with Gasteiger partial charge in [-0.2, -0.15) is 0 Å². The molecule has 0 spiro atoms. The molecule has 1 aromatic rings. The minimum atomic E-state index is -0.0360. The Labute approximate surface area is 108 Å². The van der Waals surface area contributed by atoms with Gasteiger partial charge in [0.25, 0.3) is 0 Å². The van der Waals surface area contributed by atoms with E-state index < -0.39 is 0 Å². The fraction of sp³-hybridized carbons (Fsp3) is 0.308. The van der Waals surface area contributed by atoms with E-state index in [1.165, 1.54) is 4.46 Å². The molecule has 2 rings (SSSR count). The predicted octanol–water partition coefficient (Wildman–Crippen LogP) is 0.735. The Bertz CT molecular complexity index is 394. The van der Waals surface area contributed by atoms with Crippen LogP contribution in [0.15, 0.2) is 43.0 Å². The third-order valence-corrected chi connectivity index (χ3v) is 4.66. The van der Waals surface area contributed by atoms with E-state index in [1.807, 2.05) is 23.1 Å². The third kappa shape index (κ3) is 3.19. The summed E-state index contributed by atoms with van der Waals surface area (Å²) < 4.78 is 6.80. The Kier molecular flexibility index (Phi) is 4.37. The molecule has 0 radical (unpaired) electrons. The van der Waals surface area contributed by atoms with E-state index in [1.54, 1.807) is 6.08 Å². The number of carbonyl (C=O) groups excluding carboxylic acids is 1. The van der Waals surface area contributed by atoms with Crippen LogP contribution < -0.4 is 4.46 Å². The average Bonchev–Trinajstić information content (AvgIpc) is 2.35. The Morgan fingerprint density at radius 1 is 1.47 bits per heavy atom. The molecule has 0 bridgehead atoms. The van der Waals surface area contributed by atoms with Crippen molar-refractivity contribution in [1.29, 1.82) is 0 Å².